The van der Waals surface area contributed by atoms with E-state index in [4.69, 9.17) is 33.4 Å². The Morgan fingerprint density at radius 1 is 0.870 bits per heavy atom. The van der Waals surface area contributed by atoms with Crippen molar-refractivity contribution >= 4 is 40.3 Å². The Kier molecular flexibility index (Phi) is 6.80. The highest BCUT2D eigenvalue weighted by Crippen LogP contribution is 2.31. The number of hydrogen-bond donors (Lipinski definition) is 2. The molecule has 0 bridgehead atoms. The molecule has 0 saturated carbocycles. The van der Waals surface area contributed by atoms with E-state index in [2.05, 4.69) is 10.2 Å². The van der Waals surface area contributed by atoms with E-state index in [1.54, 1.807) is 36.4 Å². The lowest BCUT2D eigenvalue weighted by atomic mass is 10.2. The van der Waals surface area contributed by atoms with Gasteiger partial charge in [0.2, 0.25) is 0 Å². The highest BCUT2D eigenvalue weighted by molar-refractivity contribution is 6.33. The molecule has 0 radical (unpaired) electrons. The van der Waals surface area contributed by atoms with Crippen molar-refractivity contribution in [1.29, 1.82) is 0 Å². The number of hydrogen-bond acceptors (Lipinski definition) is 5. The van der Waals surface area contributed by atoms with E-state index in [0.29, 0.717) is 34.5 Å². The lowest BCUT2D eigenvalue weighted by Gasteiger charge is -2.23. The first kappa shape index (κ1) is 17.7. The van der Waals surface area contributed by atoms with Gasteiger partial charge in [-0.05, 0) is 42.5 Å². The third-order valence-electron chi connectivity index (χ3n) is 3.14. The molecular formula is C16H17Cl2N3O2. The van der Waals surface area contributed by atoms with Crippen LogP contribution in [0.1, 0.15) is 0 Å². The van der Waals surface area contributed by atoms with Gasteiger partial charge in [-0.2, -0.15) is 5.11 Å². The summed E-state index contributed by atoms with van der Waals surface area (Å²) in [6.45, 7) is 0.830. The van der Waals surface area contributed by atoms with Crippen LogP contribution >= 0.6 is 23.2 Å². The molecule has 122 valence electrons. The molecule has 0 aliphatic heterocycles. The number of aliphatic hydroxyl groups is 2. The van der Waals surface area contributed by atoms with Crippen molar-refractivity contribution in [2.75, 3.05) is 31.2 Å². The Bertz CT molecular complexity index is 657. The van der Waals surface area contributed by atoms with Crippen LogP contribution in [0.25, 0.3) is 0 Å². The number of halogens is 2. The Hall–Kier alpha value is -1.66. The standard InChI is InChI=1S/C16H17Cl2N3O2/c17-12-1-3-13(4-2-12)19-20-16-6-5-14(11-15(16)18)21(7-9-22)8-10-23/h1-6,11,22-23H,7-10H2. The molecule has 0 fully saturated rings. The summed E-state index contributed by atoms with van der Waals surface area (Å²) in [6, 6.07) is 12.3. The van der Waals surface area contributed by atoms with Gasteiger partial charge in [-0.1, -0.05) is 23.2 Å². The Balaban J connectivity index is 2.16. The zero-order valence-electron chi connectivity index (χ0n) is 12.4. The van der Waals surface area contributed by atoms with Crippen molar-refractivity contribution in [1.82, 2.24) is 0 Å². The third-order valence-corrected chi connectivity index (χ3v) is 3.69. The van der Waals surface area contributed by atoms with E-state index in [1.807, 2.05) is 11.0 Å². The van der Waals surface area contributed by atoms with Gasteiger partial charge in [0.15, 0.2) is 0 Å². The lowest BCUT2D eigenvalue weighted by Crippen LogP contribution is -2.29. The fourth-order valence-corrected chi connectivity index (χ4v) is 2.34. The van der Waals surface area contributed by atoms with Crippen molar-refractivity contribution in [2.24, 2.45) is 10.2 Å². The second-order valence-electron chi connectivity index (χ2n) is 4.75. The summed E-state index contributed by atoms with van der Waals surface area (Å²) in [7, 11) is 0. The molecule has 0 aliphatic rings. The first-order chi connectivity index (χ1) is 11.1. The van der Waals surface area contributed by atoms with E-state index in [9.17, 15) is 0 Å². The maximum Gasteiger partial charge on any atom is 0.104 e. The highest BCUT2D eigenvalue weighted by atomic mass is 35.5. The number of nitrogens with zero attached hydrogens (tertiary/aromatic N) is 3. The van der Waals surface area contributed by atoms with Crippen LogP contribution in [-0.2, 0) is 0 Å². The molecule has 5 nitrogen and oxygen atoms in total. The summed E-state index contributed by atoms with van der Waals surface area (Å²) in [6.07, 6.45) is 0. The number of benzene rings is 2. The quantitative estimate of drug-likeness (QED) is 0.733. The molecule has 2 aromatic carbocycles. The van der Waals surface area contributed by atoms with Gasteiger partial charge < -0.3 is 15.1 Å². The van der Waals surface area contributed by atoms with Crippen LogP contribution in [0.15, 0.2) is 52.7 Å². The van der Waals surface area contributed by atoms with E-state index in [1.165, 1.54) is 0 Å². The summed E-state index contributed by atoms with van der Waals surface area (Å²) in [4.78, 5) is 1.84. The average Bonchev–Trinajstić information content (AvgIpc) is 2.55. The number of rotatable bonds is 7. The fraction of sp³-hybridized carbons (Fsp3) is 0.250. The Morgan fingerprint density at radius 3 is 2.09 bits per heavy atom. The molecular weight excluding hydrogens is 337 g/mol. The largest absolute Gasteiger partial charge is 0.395 e. The lowest BCUT2D eigenvalue weighted by molar-refractivity contribution is 0.281. The predicted molar refractivity (Wildman–Crippen MR) is 93.5 cm³/mol. The summed E-state index contributed by atoms with van der Waals surface area (Å²) in [5.74, 6) is 0. The Labute approximate surface area is 144 Å². The Morgan fingerprint density at radius 2 is 1.52 bits per heavy atom. The fourth-order valence-electron chi connectivity index (χ4n) is 2.00. The van der Waals surface area contributed by atoms with Gasteiger partial charge in [0.1, 0.15) is 5.69 Å². The zero-order valence-corrected chi connectivity index (χ0v) is 13.9. The van der Waals surface area contributed by atoms with Crippen molar-refractivity contribution in [3.63, 3.8) is 0 Å². The smallest absolute Gasteiger partial charge is 0.104 e. The summed E-state index contributed by atoms with van der Waals surface area (Å²) >= 11 is 12.1. The second-order valence-corrected chi connectivity index (χ2v) is 5.59. The van der Waals surface area contributed by atoms with Gasteiger partial charge in [-0.3, -0.25) is 0 Å². The molecule has 0 amide bonds. The first-order valence-electron chi connectivity index (χ1n) is 7.07. The molecule has 7 heteroatoms. The molecule has 0 aliphatic carbocycles. The molecule has 2 rings (SSSR count). The summed E-state index contributed by atoms with van der Waals surface area (Å²) in [5.41, 5.74) is 2.03. The maximum atomic E-state index is 9.08. The average molecular weight is 354 g/mol. The molecule has 0 atom stereocenters. The highest BCUT2D eigenvalue weighted by Gasteiger charge is 2.08. The number of aliphatic hydroxyl groups excluding tert-OH is 2. The minimum atomic E-state index is -0.00432. The van der Waals surface area contributed by atoms with Gasteiger partial charge in [-0.25, -0.2) is 0 Å². The van der Waals surface area contributed by atoms with Crippen LogP contribution in [0.4, 0.5) is 17.1 Å². The normalized spacial score (nSPS) is 11.1. The second kappa shape index (κ2) is 8.84. The van der Waals surface area contributed by atoms with Crippen molar-refractivity contribution in [3.8, 4) is 0 Å². The zero-order chi connectivity index (χ0) is 16.7. The number of azo groups is 1. The molecule has 2 N–H and O–H groups in total. The SMILES string of the molecule is OCCN(CCO)c1ccc(N=Nc2ccc(Cl)cc2)c(Cl)c1. The van der Waals surface area contributed by atoms with E-state index in [-0.39, 0.29) is 13.2 Å². The molecule has 0 saturated heterocycles. The molecule has 0 unspecified atom stereocenters. The van der Waals surface area contributed by atoms with Gasteiger partial charge >= 0.3 is 0 Å². The van der Waals surface area contributed by atoms with Crippen LogP contribution in [0.2, 0.25) is 10.0 Å². The topological polar surface area (TPSA) is 68.4 Å². The molecule has 23 heavy (non-hydrogen) atoms. The molecule has 0 spiro atoms. The summed E-state index contributed by atoms with van der Waals surface area (Å²) < 4.78 is 0. The van der Waals surface area contributed by atoms with E-state index < -0.39 is 0 Å². The van der Waals surface area contributed by atoms with Crippen LogP contribution in [0.3, 0.4) is 0 Å². The third kappa shape index (κ3) is 5.18. The monoisotopic (exact) mass is 353 g/mol. The van der Waals surface area contributed by atoms with E-state index in [0.717, 1.165) is 5.69 Å². The van der Waals surface area contributed by atoms with Crippen molar-refractivity contribution < 1.29 is 10.2 Å². The number of anilines is 1. The van der Waals surface area contributed by atoms with Crippen LogP contribution in [0, 0.1) is 0 Å². The van der Waals surface area contributed by atoms with Gasteiger partial charge in [0.25, 0.3) is 0 Å². The molecule has 2 aromatic rings. The van der Waals surface area contributed by atoms with E-state index >= 15 is 0 Å². The molecule has 0 heterocycles. The molecule has 0 aromatic heterocycles. The van der Waals surface area contributed by atoms with Crippen LogP contribution < -0.4 is 4.90 Å². The van der Waals surface area contributed by atoms with Crippen molar-refractivity contribution in [3.05, 3.63) is 52.5 Å². The van der Waals surface area contributed by atoms with Crippen molar-refractivity contribution in [2.45, 2.75) is 0 Å². The van der Waals surface area contributed by atoms with Crippen LogP contribution in [0.5, 0.6) is 0 Å². The van der Waals surface area contributed by atoms with Gasteiger partial charge in [0, 0.05) is 23.8 Å². The minimum Gasteiger partial charge on any atom is -0.395 e. The van der Waals surface area contributed by atoms with Gasteiger partial charge in [-0.15, -0.1) is 5.11 Å². The van der Waals surface area contributed by atoms with Gasteiger partial charge in [0.05, 0.1) is 23.9 Å². The maximum absolute atomic E-state index is 9.08. The first-order valence-corrected chi connectivity index (χ1v) is 7.83. The van der Waals surface area contributed by atoms with Crippen LogP contribution in [-0.4, -0.2) is 36.5 Å². The predicted octanol–water partition coefficient (Wildman–Crippen LogP) is 4.20. The minimum absolute atomic E-state index is 0.00432. The summed E-state index contributed by atoms with van der Waals surface area (Å²) in [5, 5.41) is 27.5.